The summed E-state index contributed by atoms with van der Waals surface area (Å²) in [6, 6.07) is 4.09. The Bertz CT molecular complexity index is 312. The topological polar surface area (TPSA) is 24.9 Å². The van der Waals surface area contributed by atoms with Crippen LogP contribution in [0.3, 0.4) is 0 Å². The first-order valence-corrected chi connectivity index (χ1v) is 8.35. The van der Waals surface area contributed by atoms with Gasteiger partial charge in [0.2, 0.25) is 0 Å². The molecule has 88 valence electrons. The van der Waals surface area contributed by atoms with Gasteiger partial charge >= 0.3 is 0 Å². The Morgan fingerprint density at radius 1 is 1.44 bits per heavy atom. The predicted molar refractivity (Wildman–Crippen MR) is 77.2 cm³/mol. The molecular weight excluding hydrogens is 304 g/mol. The van der Waals surface area contributed by atoms with Crippen molar-refractivity contribution in [1.29, 1.82) is 0 Å². The SMILES string of the molecule is Brc1ccc(CNCC2CSCCS2)nc1. The molecule has 1 N–H and O–H groups in total. The van der Waals surface area contributed by atoms with E-state index in [2.05, 4.69) is 55.8 Å². The molecule has 16 heavy (non-hydrogen) atoms. The van der Waals surface area contributed by atoms with E-state index in [4.69, 9.17) is 0 Å². The Hall–Kier alpha value is 0.290. The molecule has 1 fully saturated rings. The van der Waals surface area contributed by atoms with Gasteiger partial charge < -0.3 is 5.32 Å². The van der Waals surface area contributed by atoms with E-state index in [9.17, 15) is 0 Å². The van der Waals surface area contributed by atoms with Crippen LogP contribution in [0.15, 0.2) is 22.8 Å². The van der Waals surface area contributed by atoms with Gasteiger partial charge in [0.25, 0.3) is 0 Å². The standard InChI is InChI=1S/C11H15BrN2S2/c12-9-1-2-10(14-5-9)6-13-7-11-8-15-3-4-16-11/h1-2,5,11,13H,3-4,6-8H2. The van der Waals surface area contributed by atoms with E-state index in [1.165, 1.54) is 17.3 Å². The molecule has 1 atom stereocenters. The summed E-state index contributed by atoms with van der Waals surface area (Å²) < 4.78 is 1.04. The summed E-state index contributed by atoms with van der Waals surface area (Å²) in [7, 11) is 0. The highest BCUT2D eigenvalue weighted by Gasteiger charge is 2.13. The zero-order valence-electron chi connectivity index (χ0n) is 8.99. The average Bonchev–Trinajstić information content (AvgIpc) is 2.33. The molecule has 1 aliphatic heterocycles. The van der Waals surface area contributed by atoms with Crippen LogP contribution in [0.2, 0.25) is 0 Å². The van der Waals surface area contributed by atoms with Crippen molar-refractivity contribution in [2.45, 2.75) is 11.8 Å². The molecule has 2 nitrogen and oxygen atoms in total. The van der Waals surface area contributed by atoms with Crippen LogP contribution in [0.4, 0.5) is 0 Å². The summed E-state index contributed by atoms with van der Waals surface area (Å²) in [6.45, 7) is 1.96. The number of aromatic nitrogens is 1. The van der Waals surface area contributed by atoms with E-state index in [0.29, 0.717) is 0 Å². The first-order valence-electron chi connectivity index (χ1n) is 5.35. The summed E-state index contributed by atoms with van der Waals surface area (Å²) in [5.41, 5.74) is 1.11. The second kappa shape index (κ2) is 6.89. The van der Waals surface area contributed by atoms with Crippen LogP contribution in [0, 0.1) is 0 Å². The highest BCUT2D eigenvalue weighted by molar-refractivity contribution is 9.10. The molecule has 0 spiro atoms. The Morgan fingerprint density at radius 2 is 2.38 bits per heavy atom. The number of pyridine rings is 1. The Kier molecular flexibility index (Phi) is 5.48. The van der Waals surface area contributed by atoms with Gasteiger partial charge in [0.15, 0.2) is 0 Å². The molecule has 0 aliphatic carbocycles. The Morgan fingerprint density at radius 3 is 3.06 bits per heavy atom. The van der Waals surface area contributed by atoms with Gasteiger partial charge in [-0.1, -0.05) is 0 Å². The number of rotatable bonds is 4. The minimum absolute atomic E-state index is 0.772. The van der Waals surface area contributed by atoms with Crippen LogP contribution in [0.25, 0.3) is 0 Å². The quantitative estimate of drug-likeness (QED) is 0.922. The second-order valence-electron chi connectivity index (χ2n) is 3.67. The van der Waals surface area contributed by atoms with Gasteiger partial charge in [-0.2, -0.15) is 23.5 Å². The fraction of sp³-hybridized carbons (Fsp3) is 0.545. The predicted octanol–water partition coefficient (Wildman–Crippen LogP) is 2.78. The number of thioether (sulfide) groups is 2. The molecule has 0 saturated carbocycles. The van der Waals surface area contributed by atoms with Crippen molar-refractivity contribution >= 4 is 39.5 Å². The van der Waals surface area contributed by atoms with Crippen LogP contribution in [-0.4, -0.2) is 34.0 Å². The van der Waals surface area contributed by atoms with E-state index < -0.39 is 0 Å². The first kappa shape index (κ1) is 12.7. The van der Waals surface area contributed by atoms with E-state index >= 15 is 0 Å². The van der Waals surface area contributed by atoms with Crippen molar-refractivity contribution < 1.29 is 0 Å². The number of nitrogens with zero attached hydrogens (tertiary/aromatic N) is 1. The molecule has 2 heterocycles. The van der Waals surface area contributed by atoms with Crippen molar-refractivity contribution in [3.8, 4) is 0 Å². The highest BCUT2D eigenvalue weighted by Crippen LogP contribution is 2.23. The Balaban J connectivity index is 1.69. The molecule has 5 heteroatoms. The first-order chi connectivity index (χ1) is 7.84. The van der Waals surface area contributed by atoms with Crippen LogP contribution < -0.4 is 5.32 Å². The van der Waals surface area contributed by atoms with Crippen molar-refractivity contribution in [3.63, 3.8) is 0 Å². The maximum absolute atomic E-state index is 4.34. The molecule has 0 radical (unpaired) electrons. The average molecular weight is 319 g/mol. The molecule has 1 saturated heterocycles. The van der Waals surface area contributed by atoms with Gasteiger partial charge in [-0.25, -0.2) is 0 Å². The molecule has 1 aromatic heterocycles. The van der Waals surface area contributed by atoms with E-state index in [0.717, 1.165) is 28.5 Å². The van der Waals surface area contributed by atoms with Crippen molar-refractivity contribution in [1.82, 2.24) is 10.3 Å². The van der Waals surface area contributed by atoms with Gasteiger partial charge in [-0.15, -0.1) is 0 Å². The van der Waals surface area contributed by atoms with Crippen LogP contribution in [0.1, 0.15) is 5.69 Å². The minimum Gasteiger partial charge on any atom is -0.310 e. The van der Waals surface area contributed by atoms with E-state index in [1.807, 2.05) is 12.3 Å². The van der Waals surface area contributed by atoms with Gasteiger partial charge in [0, 0.05) is 46.3 Å². The van der Waals surface area contributed by atoms with E-state index in [-0.39, 0.29) is 0 Å². The lowest BCUT2D eigenvalue weighted by Gasteiger charge is -2.21. The van der Waals surface area contributed by atoms with Gasteiger partial charge in [-0.3, -0.25) is 4.98 Å². The maximum atomic E-state index is 4.34. The van der Waals surface area contributed by atoms with Gasteiger partial charge in [-0.05, 0) is 28.1 Å². The third-order valence-corrected chi connectivity index (χ3v) is 5.67. The zero-order chi connectivity index (χ0) is 11.2. The van der Waals surface area contributed by atoms with Crippen molar-refractivity contribution in [2.75, 3.05) is 23.8 Å². The maximum Gasteiger partial charge on any atom is 0.0542 e. The monoisotopic (exact) mass is 318 g/mol. The summed E-state index contributed by atoms with van der Waals surface area (Å²) in [6.07, 6.45) is 1.85. The molecule has 0 amide bonds. The molecule has 1 aromatic rings. The lowest BCUT2D eigenvalue weighted by molar-refractivity contribution is 0.674. The lowest BCUT2D eigenvalue weighted by Crippen LogP contribution is -2.28. The minimum atomic E-state index is 0.772. The highest BCUT2D eigenvalue weighted by atomic mass is 79.9. The number of hydrogen-bond donors (Lipinski definition) is 1. The molecule has 0 aromatic carbocycles. The van der Waals surface area contributed by atoms with E-state index in [1.54, 1.807) is 0 Å². The zero-order valence-corrected chi connectivity index (χ0v) is 12.2. The number of hydrogen-bond acceptors (Lipinski definition) is 4. The summed E-state index contributed by atoms with van der Waals surface area (Å²) in [4.78, 5) is 4.34. The van der Waals surface area contributed by atoms with Gasteiger partial charge in [0.1, 0.15) is 0 Å². The molecular formula is C11H15BrN2S2. The van der Waals surface area contributed by atoms with Crippen LogP contribution >= 0.6 is 39.5 Å². The van der Waals surface area contributed by atoms with Crippen LogP contribution in [0.5, 0.6) is 0 Å². The summed E-state index contributed by atoms with van der Waals surface area (Å²) in [5.74, 6) is 3.90. The fourth-order valence-electron chi connectivity index (χ4n) is 1.53. The lowest BCUT2D eigenvalue weighted by atomic mass is 10.3. The number of nitrogens with one attached hydrogen (secondary N) is 1. The van der Waals surface area contributed by atoms with Crippen LogP contribution in [-0.2, 0) is 6.54 Å². The molecule has 0 bridgehead atoms. The fourth-order valence-corrected chi connectivity index (χ4v) is 4.41. The van der Waals surface area contributed by atoms with Crippen molar-refractivity contribution in [3.05, 3.63) is 28.5 Å². The summed E-state index contributed by atoms with van der Waals surface area (Å²) >= 11 is 7.55. The second-order valence-corrected chi connectivity index (χ2v) is 7.14. The molecule has 1 aliphatic rings. The molecule has 1 unspecified atom stereocenters. The Labute approximate surface area is 113 Å². The third kappa shape index (κ3) is 4.28. The van der Waals surface area contributed by atoms with Crippen molar-refractivity contribution in [2.24, 2.45) is 0 Å². The molecule has 2 rings (SSSR count). The largest absolute Gasteiger partial charge is 0.310 e. The smallest absolute Gasteiger partial charge is 0.0542 e. The van der Waals surface area contributed by atoms with Gasteiger partial charge in [0.05, 0.1) is 5.69 Å². The summed E-state index contributed by atoms with van der Waals surface area (Å²) in [5, 5.41) is 4.25. The normalized spacial score (nSPS) is 20.9. The third-order valence-electron chi connectivity index (χ3n) is 2.35. The number of halogens is 1.